The topological polar surface area (TPSA) is 115 Å². The highest BCUT2D eigenvalue weighted by Crippen LogP contribution is 2.31. The first-order valence-electron chi connectivity index (χ1n) is 8.86. The second kappa shape index (κ2) is 8.21. The zero-order valence-electron chi connectivity index (χ0n) is 16.4. The first-order chi connectivity index (χ1) is 13.8. The molecule has 10 nitrogen and oxygen atoms in total. The predicted octanol–water partition coefficient (Wildman–Crippen LogP) is 1.83. The number of benzene rings is 1. The molecular weight excluding hydrogens is 400 g/mol. The molecule has 1 fully saturated rings. The molecule has 0 unspecified atom stereocenters. The second-order valence-electron chi connectivity index (χ2n) is 6.50. The Hall–Kier alpha value is -2.92. The second-order valence-corrected chi connectivity index (χ2v) is 8.41. The van der Waals surface area contributed by atoms with Gasteiger partial charge in [-0.3, -0.25) is 10.1 Å². The fourth-order valence-electron chi connectivity index (χ4n) is 3.25. The van der Waals surface area contributed by atoms with Crippen LogP contribution in [0.5, 0.6) is 11.5 Å². The normalized spacial score (nSPS) is 15.2. The van der Waals surface area contributed by atoms with Crippen LogP contribution in [0.1, 0.15) is 5.56 Å². The summed E-state index contributed by atoms with van der Waals surface area (Å²) in [6.45, 7) is 3.08. The number of nitro groups is 1. The van der Waals surface area contributed by atoms with E-state index in [9.17, 15) is 18.5 Å². The van der Waals surface area contributed by atoms with E-state index in [1.807, 2.05) is 4.90 Å². The lowest BCUT2D eigenvalue weighted by atomic mass is 10.2. The number of methoxy groups -OCH3 is 2. The molecule has 1 aromatic heterocycles. The van der Waals surface area contributed by atoms with Gasteiger partial charge in [0.25, 0.3) is 5.69 Å². The van der Waals surface area contributed by atoms with Crippen LogP contribution >= 0.6 is 0 Å². The minimum atomic E-state index is -3.78. The van der Waals surface area contributed by atoms with E-state index in [4.69, 9.17) is 9.47 Å². The lowest BCUT2D eigenvalue weighted by Crippen LogP contribution is -2.49. The number of aromatic nitrogens is 1. The van der Waals surface area contributed by atoms with Gasteiger partial charge in [0.2, 0.25) is 10.0 Å². The van der Waals surface area contributed by atoms with E-state index < -0.39 is 14.9 Å². The summed E-state index contributed by atoms with van der Waals surface area (Å²) in [7, 11) is -0.892. The molecule has 0 amide bonds. The Bertz CT molecular complexity index is 1020. The summed E-state index contributed by atoms with van der Waals surface area (Å²) in [5, 5.41) is 10.9. The Morgan fingerprint density at radius 3 is 2.34 bits per heavy atom. The number of pyridine rings is 1. The van der Waals surface area contributed by atoms with E-state index in [0.29, 0.717) is 30.2 Å². The predicted molar refractivity (Wildman–Crippen MR) is 106 cm³/mol. The molecule has 2 heterocycles. The van der Waals surface area contributed by atoms with Gasteiger partial charge < -0.3 is 14.4 Å². The minimum absolute atomic E-state index is 0.0532. The highest BCUT2D eigenvalue weighted by molar-refractivity contribution is 7.89. The third-order valence-corrected chi connectivity index (χ3v) is 6.69. The number of nitrogens with zero attached hydrogens (tertiary/aromatic N) is 4. The van der Waals surface area contributed by atoms with Crippen LogP contribution in [0.4, 0.5) is 11.5 Å². The molecule has 1 aliphatic heterocycles. The minimum Gasteiger partial charge on any atom is -0.497 e. The maximum absolute atomic E-state index is 13.1. The Kier molecular flexibility index (Phi) is 5.89. The summed E-state index contributed by atoms with van der Waals surface area (Å²) in [6, 6.07) is 6.11. The molecule has 1 aliphatic rings. The van der Waals surface area contributed by atoms with Crippen LogP contribution in [-0.2, 0) is 10.0 Å². The van der Waals surface area contributed by atoms with Crippen molar-refractivity contribution in [3.63, 3.8) is 0 Å². The van der Waals surface area contributed by atoms with Crippen LogP contribution in [-0.4, -0.2) is 63.0 Å². The number of piperazine rings is 1. The van der Waals surface area contributed by atoms with E-state index in [-0.39, 0.29) is 29.4 Å². The van der Waals surface area contributed by atoms with Gasteiger partial charge in [-0.1, -0.05) is 0 Å². The van der Waals surface area contributed by atoms with Gasteiger partial charge in [-0.05, 0) is 24.6 Å². The van der Waals surface area contributed by atoms with Crippen molar-refractivity contribution in [1.82, 2.24) is 9.29 Å². The third kappa shape index (κ3) is 4.10. The van der Waals surface area contributed by atoms with E-state index >= 15 is 0 Å². The summed E-state index contributed by atoms with van der Waals surface area (Å²) in [6.07, 6.45) is 1.21. The van der Waals surface area contributed by atoms with E-state index in [1.165, 1.54) is 36.9 Å². The van der Waals surface area contributed by atoms with Gasteiger partial charge in [0.05, 0.1) is 19.1 Å². The van der Waals surface area contributed by atoms with E-state index in [1.54, 1.807) is 19.1 Å². The van der Waals surface area contributed by atoms with Crippen molar-refractivity contribution < 1.29 is 22.8 Å². The molecule has 0 saturated carbocycles. The van der Waals surface area contributed by atoms with E-state index in [0.717, 1.165) is 0 Å². The molecule has 0 spiro atoms. The van der Waals surface area contributed by atoms with Crippen molar-refractivity contribution >= 4 is 21.5 Å². The van der Waals surface area contributed by atoms with Crippen LogP contribution in [0.25, 0.3) is 0 Å². The summed E-state index contributed by atoms with van der Waals surface area (Å²) >= 11 is 0. The molecular formula is C18H22N4O6S. The number of rotatable bonds is 6. The van der Waals surface area contributed by atoms with Crippen molar-refractivity contribution in [3.05, 3.63) is 46.1 Å². The van der Waals surface area contributed by atoms with Crippen molar-refractivity contribution in [2.24, 2.45) is 0 Å². The van der Waals surface area contributed by atoms with Gasteiger partial charge in [0.15, 0.2) is 0 Å². The molecule has 0 radical (unpaired) electrons. The molecule has 3 rings (SSSR count). The number of sulfonamides is 1. The number of ether oxygens (including phenoxy) is 2. The molecule has 0 N–H and O–H groups in total. The largest absolute Gasteiger partial charge is 0.497 e. The van der Waals surface area contributed by atoms with Gasteiger partial charge in [-0.15, -0.1) is 0 Å². The molecule has 156 valence electrons. The number of hydrogen-bond acceptors (Lipinski definition) is 8. The monoisotopic (exact) mass is 422 g/mol. The van der Waals surface area contributed by atoms with Crippen LogP contribution in [0.15, 0.2) is 35.4 Å². The molecule has 1 saturated heterocycles. The molecule has 1 aromatic carbocycles. The molecule has 0 bridgehead atoms. The van der Waals surface area contributed by atoms with Gasteiger partial charge in [0, 0.05) is 38.3 Å². The van der Waals surface area contributed by atoms with E-state index in [2.05, 4.69) is 4.98 Å². The van der Waals surface area contributed by atoms with Gasteiger partial charge in [-0.2, -0.15) is 4.31 Å². The number of anilines is 1. The van der Waals surface area contributed by atoms with Crippen LogP contribution in [0, 0.1) is 17.0 Å². The molecule has 0 atom stereocenters. The molecule has 11 heteroatoms. The summed E-state index contributed by atoms with van der Waals surface area (Å²) < 4.78 is 38.1. The SMILES string of the molecule is COc1ccc(OC)c(S(=O)(=O)N2CCN(c3ncc([N+](=O)[O-])cc3C)CC2)c1. The quantitative estimate of drug-likeness (QED) is 0.511. The summed E-state index contributed by atoms with van der Waals surface area (Å²) in [5.41, 5.74) is 0.600. The standard InChI is InChI=1S/C18H22N4O6S/c1-13-10-14(22(23)24)12-19-18(13)20-6-8-21(9-7-20)29(25,26)17-11-15(27-2)4-5-16(17)28-3/h4-5,10-12H,6-9H2,1-3H3. The first-order valence-corrected chi connectivity index (χ1v) is 10.3. The summed E-state index contributed by atoms with van der Waals surface area (Å²) in [4.78, 5) is 16.6. The number of aryl methyl sites for hydroxylation is 1. The van der Waals surface area contributed by atoms with Gasteiger partial charge in [-0.25, -0.2) is 13.4 Å². The lowest BCUT2D eigenvalue weighted by Gasteiger charge is -2.35. The highest BCUT2D eigenvalue weighted by Gasteiger charge is 2.32. The fraction of sp³-hybridized carbons (Fsp3) is 0.389. The van der Waals surface area contributed by atoms with Gasteiger partial charge in [0.1, 0.15) is 28.4 Å². The zero-order valence-corrected chi connectivity index (χ0v) is 17.2. The highest BCUT2D eigenvalue weighted by atomic mass is 32.2. The Morgan fingerprint density at radius 1 is 1.10 bits per heavy atom. The molecule has 29 heavy (non-hydrogen) atoms. The first kappa shape index (κ1) is 20.8. The van der Waals surface area contributed by atoms with Crippen LogP contribution < -0.4 is 14.4 Å². The van der Waals surface area contributed by atoms with Crippen LogP contribution in [0.3, 0.4) is 0 Å². The van der Waals surface area contributed by atoms with Gasteiger partial charge >= 0.3 is 0 Å². The maximum Gasteiger partial charge on any atom is 0.287 e. The van der Waals surface area contributed by atoms with Crippen molar-refractivity contribution in [2.45, 2.75) is 11.8 Å². The Labute approximate surface area is 168 Å². The smallest absolute Gasteiger partial charge is 0.287 e. The third-order valence-electron chi connectivity index (χ3n) is 4.77. The van der Waals surface area contributed by atoms with Crippen molar-refractivity contribution in [3.8, 4) is 11.5 Å². The van der Waals surface area contributed by atoms with Crippen LogP contribution in [0.2, 0.25) is 0 Å². The maximum atomic E-state index is 13.1. The fourth-order valence-corrected chi connectivity index (χ4v) is 4.84. The van der Waals surface area contributed by atoms with Crippen molar-refractivity contribution in [2.75, 3.05) is 45.3 Å². The summed E-state index contributed by atoms with van der Waals surface area (Å²) in [5.74, 6) is 1.29. The Balaban J connectivity index is 1.79. The molecule has 2 aromatic rings. The molecule has 0 aliphatic carbocycles. The average Bonchev–Trinajstić information content (AvgIpc) is 2.73. The number of hydrogen-bond donors (Lipinski definition) is 0. The Morgan fingerprint density at radius 2 is 1.79 bits per heavy atom. The van der Waals surface area contributed by atoms with Crippen molar-refractivity contribution in [1.29, 1.82) is 0 Å². The lowest BCUT2D eigenvalue weighted by molar-refractivity contribution is -0.385. The zero-order chi connectivity index (χ0) is 21.2. The average molecular weight is 422 g/mol.